The maximum Gasteiger partial charge on any atom is 0.268 e. The van der Waals surface area contributed by atoms with Crippen LogP contribution in [0, 0.1) is 0 Å². The first-order valence-electron chi connectivity index (χ1n) is 6.86. The standard InChI is InChI=1S/C14H23N3O3/c1-10(2)17-7-11(15)6-12(17)13(18)16-8-14(19-3)4-5-20-9-14/h6-7,10H,4-5,8-9,15H2,1-3H3,(H,16,18). The summed E-state index contributed by atoms with van der Waals surface area (Å²) in [5.41, 5.74) is 6.54. The van der Waals surface area contributed by atoms with Gasteiger partial charge in [0.1, 0.15) is 11.3 Å². The molecule has 1 aliphatic rings. The van der Waals surface area contributed by atoms with E-state index in [1.165, 1.54) is 0 Å². The molecule has 20 heavy (non-hydrogen) atoms. The van der Waals surface area contributed by atoms with Gasteiger partial charge in [0.05, 0.1) is 12.3 Å². The molecule has 1 saturated heterocycles. The van der Waals surface area contributed by atoms with E-state index in [-0.39, 0.29) is 11.9 Å². The fraction of sp³-hybridized carbons (Fsp3) is 0.643. The van der Waals surface area contributed by atoms with Crippen molar-refractivity contribution in [3.63, 3.8) is 0 Å². The van der Waals surface area contributed by atoms with Crippen LogP contribution in [0.1, 0.15) is 36.8 Å². The maximum absolute atomic E-state index is 12.3. The van der Waals surface area contributed by atoms with Gasteiger partial charge in [0, 0.05) is 38.9 Å². The maximum atomic E-state index is 12.3. The van der Waals surface area contributed by atoms with Gasteiger partial charge in [0.25, 0.3) is 5.91 Å². The summed E-state index contributed by atoms with van der Waals surface area (Å²) in [6.45, 7) is 5.64. The zero-order valence-electron chi connectivity index (χ0n) is 12.3. The van der Waals surface area contributed by atoms with Crippen LogP contribution in [0.4, 0.5) is 5.69 Å². The van der Waals surface area contributed by atoms with E-state index in [9.17, 15) is 4.79 Å². The van der Waals surface area contributed by atoms with Gasteiger partial charge in [-0.2, -0.15) is 0 Å². The monoisotopic (exact) mass is 281 g/mol. The number of nitrogens with zero attached hydrogens (tertiary/aromatic N) is 1. The Morgan fingerprint density at radius 3 is 2.95 bits per heavy atom. The highest BCUT2D eigenvalue weighted by atomic mass is 16.5. The van der Waals surface area contributed by atoms with Gasteiger partial charge >= 0.3 is 0 Å². The van der Waals surface area contributed by atoms with Crippen molar-refractivity contribution >= 4 is 11.6 Å². The lowest BCUT2D eigenvalue weighted by atomic mass is 10.0. The molecule has 6 heteroatoms. The summed E-state index contributed by atoms with van der Waals surface area (Å²) in [6.07, 6.45) is 2.57. The molecule has 112 valence electrons. The number of carbonyl (C=O) groups is 1. The lowest BCUT2D eigenvalue weighted by molar-refractivity contribution is -0.0149. The van der Waals surface area contributed by atoms with E-state index in [1.807, 2.05) is 18.4 Å². The molecule has 0 saturated carbocycles. The number of hydrogen-bond donors (Lipinski definition) is 2. The predicted molar refractivity (Wildman–Crippen MR) is 76.7 cm³/mol. The molecule has 1 fully saturated rings. The fourth-order valence-electron chi connectivity index (χ4n) is 2.40. The number of nitrogens with one attached hydrogen (secondary N) is 1. The molecule has 1 amide bonds. The van der Waals surface area contributed by atoms with Crippen molar-refractivity contribution in [2.75, 3.05) is 32.6 Å². The number of anilines is 1. The molecule has 1 unspecified atom stereocenters. The average molecular weight is 281 g/mol. The van der Waals surface area contributed by atoms with E-state index in [1.54, 1.807) is 19.4 Å². The van der Waals surface area contributed by atoms with E-state index >= 15 is 0 Å². The number of rotatable bonds is 5. The number of hydrogen-bond acceptors (Lipinski definition) is 4. The lowest BCUT2D eigenvalue weighted by Gasteiger charge is -2.26. The van der Waals surface area contributed by atoms with Gasteiger partial charge in [0.2, 0.25) is 0 Å². The zero-order chi connectivity index (χ0) is 14.8. The first kappa shape index (κ1) is 14.9. The van der Waals surface area contributed by atoms with Gasteiger partial charge in [-0.15, -0.1) is 0 Å². The Morgan fingerprint density at radius 2 is 2.40 bits per heavy atom. The van der Waals surface area contributed by atoms with E-state index in [0.717, 1.165) is 6.42 Å². The molecule has 0 aromatic carbocycles. The third-order valence-electron chi connectivity index (χ3n) is 3.73. The second-order valence-corrected chi connectivity index (χ2v) is 5.53. The molecule has 1 aliphatic heterocycles. The second kappa shape index (κ2) is 5.85. The number of amides is 1. The van der Waals surface area contributed by atoms with Gasteiger partial charge < -0.3 is 25.1 Å². The lowest BCUT2D eigenvalue weighted by Crippen LogP contribution is -2.45. The van der Waals surface area contributed by atoms with Crippen LogP contribution in [-0.4, -0.2) is 42.9 Å². The molecule has 6 nitrogen and oxygen atoms in total. The van der Waals surface area contributed by atoms with Gasteiger partial charge in [-0.1, -0.05) is 0 Å². The highest BCUT2D eigenvalue weighted by Crippen LogP contribution is 2.22. The topological polar surface area (TPSA) is 78.5 Å². The molecule has 2 rings (SSSR count). The summed E-state index contributed by atoms with van der Waals surface area (Å²) in [5, 5.41) is 2.92. The molecule has 0 spiro atoms. The van der Waals surface area contributed by atoms with E-state index in [4.69, 9.17) is 15.2 Å². The Kier molecular flexibility index (Phi) is 4.35. The third-order valence-corrected chi connectivity index (χ3v) is 3.73. The SMILES string of the molecule is COC1(CNC(=O)c2cc(N)cn2C(C)C)CCOC1. The summed E-state index contributed by atoms with van der Waals surface area (Å²) in [7, 11) is 1.65. The average Bonchev–Trinajstić information content (AvgIpc) is 3.03. The van der Waals surface area contributed by atoms with Crippen LogP contribution >= 0.6 is 0 Å². The first-order chi connectivity index (χ1) is 9.47. The minimum atomic E-state index is -0.406. The Morgan fingerprint density at radius 1 is 1.65 bits per heavy atom. The molecule has 3 N–H and O–H groups in total. The van der Waals surface area contributed by atoms with Gasteiger partial charge in [-0.3, -0.25) is 4.79 Å². The largest absolute Gasteiger partial charge is 0.397 e. The van der Waals surface area contributed by atoms with Gasteiger partial charge in [0.15, 0.2) is 0 Å². The summed E-state index contributed by atoms with van der Waals surface area (Å²) >= 11 is 0. The normalized spacial score (nSPS) is 22.4. The molecule has 1 aromatic heterocycles. The molecule has 1 atom stereocenters. The predicted octanol–water partition coefficient (Wildman–Crippen LogP) is 1.19. The summed E-state index contributed by atoms with van der Waals surface area (Å²) < 4.78 is 12.7. The second-order valence-electron chi connectivity index (χ2n) is 5.53. The summed E-state index contributed by atoms with van der Waals surface area (Å²) in [6, 6.07) is 1.87. The van der Waals surface area contributed by atoms with Crippen LogP contribution in [-0.2, 0) is 9.47 Å². The third kappa shape index (κ3) is 2.96. The van der Waals surface area contributed by atoms with Crippen LogP contribution in [0.2, 0.25) is 0 Å². The smallest absolute Gasteiger partial charge is 0.268 e. The van der Waals surface area contributed by atoms with Crippen molar-refractivity contribution in [1.29, 1.82) is 0 Å². The van der Waals surface area contributed by atoms with Gasteiger partial charge in [-0.05, 0) is 19.9 Å². The van der Waals surface area contributed by atoms with E-state index in [0.29, 0.717) is 31.1 Å². The molecule has 0 bridgehead atoms. The number of nitrogen functional groups attached to an aromatic ring is 1. The molecular weight excluding hydrogens is 258 g/mol. The number of aromatic nitrogens is 1. The number of ether oxygens (including phenoxy) is 2. The van der Waals surface area contributed by atoms with Crippen molar-refractivity contribution in [1.82, 2.24) is 9.88 Å². The molecule has 1 aromatic rings. The van der Waals surface area contributed by atoms with Crippen LogP contribution in [0.25, 0.3) is 0 Å². The minimum Gasteiger partial charge on any atom is -0.397 e. The Labute approximate surface area is 119 Å². The number of methoxy groups -OCH3 is 1. The molecule has 2 heterocycles. The number of nitrogens with two attached hydrogens (primary N) is 1. The van der Waals surface area contributed by atoms with E-state index < -0.39 is 5.60 Å². The fourth-order valence-corrected chi connectivity index (χ4v) is 2.40. The number of carbonyl (C=O) groups excluding carboxylic acids is 1. The Bertz CT molecular complexity index is 476. The summed E-state index contributed by atoms with van der Waals surface area (Å²) in [5.74, 6) is -0.140. The molecule has 0 radical (unpaired) electrons. The van der Waals surface area contributed by atoms with Gasteiger partial charge in [-0.25, -0.2) is 0 Å². The Hall–Kier alpha value is -1.53. The minimum absolute atomic E-state index is 0.140. The van der Waals surface area contributed by atoms with Crippen LogP contribution in [0.15, 0.2) is 12.3 Å². The highest BCUT2D eigenvalue weighted by molar-refractivity contribution is 5.93. The summed E-state index contributed by atoms with van der Waals surface area (Å²) in [4.78, 5) is 12.3. The van der Waals surface area contributed by atoms with Crippen LogP contribution in [0.3, 0.4) is 0 Å². The van der Waals surface area contributed by atoms with Crippen molar-refractivity contribution in [3.8, 4) is 0 Å². The van der Waals surface area contributed by atoms with Crippen molar-refractivity contribution in [2.24, 2.45) is 0 Å². The first-order valence-corrected chi connectivity index (χ1v) is 6.86. The quantitative estimate of drug-likeness (QED) is 0.849. The Balaban J connectivity index is 2.05. The molecule has 0 aliphatic carbocycles. The van der Waals surface area contributed by atoms with Crippen molar-refractivity contribution in [3.05, 3.63) is 18.0 Å². The van der Waals surface area contributed by atoms with Crippen LogP contribution in [0.5, 0.6) is 0 Å². The van der Waals surface area contributed by atoms with E-state index in [2.05, 4.69) is 5.32 Å². The molecular formula is C14H23N3O3. The van der Waals surface area contributed by atoms with Crippen LogP contribution < -0.4 is 11.1 Å². The van der Waals surface area contributed by atoms with Crippen molar-refractivity contribution in [2.45, 2.75) is 31.9 Å². The van der Waals surface area contributed by atoms with Crippen molar-refractivity contribution < 1.29 is 14.3 Å². The zero-order valence-corrected chi connectivity index (χ0v) is 12.3. The highest BCUT2D eigenvalue weighted by Gasteiger charge is 2.35.